The normalized spacial score (nSPS) is 20.7. The second-order valence-corrected chi connectivity index (χ2v) is 8.28. The number of aryl methyl sites for hydroxylation is 1. The van der Waals surface area contributed by atoms with Gasteiger partial charge in [-0.3, -0.25) is 4.79 Å². The van der Waals surface area contributed by atoms with Gasteiger partial charge in [0.2, 0.25) is 0 Å². The number of benzene rings is 1. The Morgan fingerprint density at radius 1 is 1.24 bits per heavy atom. The van der Waals surface area contributed by atoms with Crippen LogP contribution in [0.5, 0.6) is 0 Å². The highest BCUT2D eigenvalue weighted by Crippen LogP contribution is 2.45. The Morgan fingerprint density at radius 2 is 2.00 bits per heavy atom. The van der Waals surface area contributed by atoms with Gasteiger partial charge in [-0.05, 0) is 44.6 Å². The molecule has 1 aliphatic heterocycles. The van der Waals surface area contributed by atoms with Crippen molar-refractivity contribution in [3.05, 3.63) is 40.5 Å². The lowest BCUT2D eigenvalue weighted by atomic mass is 10.0. The molecule has 4 nitrogen and oxygen atoms in total. The van der Waals surface area contributed by atoms with Gasteiger partial charge in [0.05, 0.1) is 9.88 Å². The number of likely N-dealkylation sites (tertiary alicyclic amines) is 1. The maximum atomic E-state index is 13.3. The van der Waals surface area contributed by atoms with Crippen molar-refractivity contribution in [2.24, 2.45) is 5.73 Å². The second-order valence-electron chi connectivity index (χ2n) is 7.25. The fourth-order valence-corrected chi connectivity index (χ4v) is 4.77. The summed E-state index contributed by atoms with van der Waals surface area (Å²) in [5, 5.41) is 1.13. The minimum absolute atomic E-state index is 0.0638. The molecule has 1 amide bonds. The smallest absolute Gasteiger partial charge is 0.274 e. The van der Waals surface area contributed by atoms with Crippen LogP contribution in [0.3, 0.4) is 0 Å². The average molecular weight is 356 g/mol. The molecule has 2 fully saturated rings. The number of thiazole rings is 1. The van der Waals surface area contributed by atoms with Crippen molar-refractivity contribution in [3.63, 3.8) is 0 Å². The van der Waals surface area contributed by atoms with Gasteiger partial charge in [0.15, 0.2) is 0 Å². The quantitative estimate of drug-likeness (QED) is 0.903. The molecule has 0 unspecified atom stereocenters. The van der Waals surface area contributed by atoms with Crippen LogP contribution in [0.4, 0.5) is 0 Å². The number of aromatic nitrogens is 1. The first-order chi connectivity index (χ1) is 12.2. The molecule has 1 aliphatic carbocycles. The summed E-state index contributed by atoms with van der Waals surface area (Å²) < 4.78 is 0. The molecule has 1 aromatic heterocycles. The zero-order valence-corrected chi connectivity index (χ0v) is 15.5. The summed E-state index contributed by atoms with van der Waals surface area (Å²) in [5.41, 5.74) is 8.88. The molecule has 1 atom stereocenters. The van der Waals surface area contributed by atoms with Gasteiger partial charge >= 0.3 is 0 Å². The maximum Gasteiger partial charge on any atom is 0.274 e. The van der Waals surface area contributed by atoms with Crippen molar-refractivity contribution in [2.45, 2.75) is 51.0 Å². The predicted molar refractivity (Wildman–Crippen MR) is 102 cm³/mol. The molecule has 1 aromatic carbocycles. The summed E-state index contributed by atoms with van der Waals surface area (Å²) in [5.74, 6) is 0.622. The molecule has 0 radical (unpaired) electrons. The van der Waals surface area contributed by atoms with E-state index >= 15 is 0 Å². The SMILES string of the molecule is Cc1ccc(-c2sc(C3CC3)nc2C(=O)N2CCCC[C@H]2CN)cc1. The summed E-state index contributed by atoms with van der Waals surface area (Å²) in [4.78, 5) is 21.1. The minimum atomic E-state index is 0.0638. The molecule has 2 aromatic rings. The van der Waals surface area contributed by atoms with Gasteiger partial charge in [-0.15, -0.1) is 11.3 Å². The number of nitrogens with two attached hydrogens (primary N) is 1. The first-order valence-electron chi connectivity index (χ1n) is 9.26. The molecule has 5 heteroatoms. The molecule has 132 valence electrons. The lowest BCUT2D eigenvalue weighted by Crippen LogP contribution is -2.47. The van der Waals surface area contributed by atoms with Crippen molar-refractivity contribution >= 4 is 17.2 Å². The Bertz CT molecular complexity index is 764. The van der Waals surface area contributed by atoms with Crippen molar-refractivity contribution in [2.75, 3.05) is 13.1 Å². The number of carbonyl (C=O) groups is 1. The van der Waals surface area contributed by atoms with Crippen molar-refractivity contribution in [1.29, 1.82) is 0 Å². The highest BCUT2D eigenvalue weighted by molar-refractivity contribution is 7.15. The fraction of sp³-hybridized carbons (Fsp3) is 0.500. The van der Waals surface area contributed by atoms with E-state index in [2.05, 4.69) is 31.2 Å². The van der Waals surface area contributed by atoms with Crippen molar-refractivity contribution in [1.82, 2.24) is 9.88 Å². The largest absolute Gasteiger partial charge is 0.333 e. The monoisotopic (exact) mass is 355 g/mol. The van der Waals surface area contributed by atoms with Crippen LogP contribution in [0.2, 0.25) is 0 Å². The number of carbonyl (C=O) groups excluding carboxylic acids is 1. The number of piperidine rings is 1. The number of hydrogen-bond acceptors (Lipinski definition) is 4. The van der Waals surface area contributed by atoms with Crippen LogP contribution in [-0.4, -0.2) is 34.9 Å². The first kappa shape index (κ1) is 16.7. The Hall–Kier alpha value is -1.72. The van der Waals surface area contributed by atoms with Crippen LogP contribution in [0.1, 0.15) is 59.1 Å². The fourth-order valence-electron chi connectivity index (χ4n) is 3.54. The second kappa shape index (κ2) is 6.89. The number of hydrogen-bond donors (Lipinski definition) is 1. The van der Waals surface area contributed by atoms with Crippen LogP contribution < -0.4 is 5.73 Å². The van der Waals surface area contributed by atoms with Gasteiger partial charge in [0.25, 0.3) is 5.91 Å². The molecule has 4 rings (SSSR count). The summed E-state index contributed by atoms with van der Waals surface area (Å²) >= 11 is 1.70. The van der Waals surface area contributed by atoms with E-state index in [9.17, 15) is 4.79 Å². The first-order valence-corrected chi connectivity index (χ1v) is 10.1. The topological polar surface area (TPSA) is 59.2 Å². The predicted octanol–water partition coefficient (Wildman–Crippen LogP) is 3.95. The van der Waals surface area contributed by atoms with Crippen LogP contribution in [0, 0.1) is 6.92 Å². The average Bonchev–Trinajstić information content (AvgIpc) is 3.41. The van der Waals surface area contributed by atoms with E-state index in [1.165, 1.54) is 18.4 Å². The van der Waals surface area contributed by atoms with Gasteiger partial charge in [0.1, 0.15) is 5.69 Å². The lowest BCUT2D eigenvalue weighted by molar-refractivity contribution is 0.0618. The molecule has 25 heavy (non-hydrogen) atoms. The van der Waals surface area contributed by atoms with Gasteiger partial charge in [-0.2, -0.15) is 0 Å². The Labute approximate surface area is 153 Å². The van der Waals surface area contributed by atoms with Crippen molar-refractivity contribution in [3.8, 4) is 10.4 Å². The molecule has 0 spiro atoms. The van der Waals surface area contributed by atoms with Crippen LogP contribution in [0.25, 0.3) is 10.4 Å². The van der Waals surface area contributed by atoms with Gasteiger partial charge in [0, 0.05) is 25.0 Å². The third-order valence-corrected chi connectivity index (χ3v) is 6.51. The number of nitrogens with zero attached hydrogens (tertiary/aromatic N) is 2. The summed E-state index contributed by atoms with van der Waals surface area (Å²) in [6.45, 7) is 3.41. The van der Waals surface area contributed by atoms with E-state index in [1.54, 1.807) is 11.3 Å². The van der Waals surface area contributed by atoms with Gasteiger partial charge < -0.3 is 10.6 Å². The zero-order valence-electron chi connectivity index (χ0n) is 14.7. The lowest BCUT2D eigenvalue weighted by Gasteiger charge is -2.34. The minimum Gasteiger partial charge on any atom is -0.333 e. The molecule has 1 saturated heterocycles. The Balaban J connectivity index is 1.72. The van der Waals surface area contributed by atoms with Gasteiger partial charge in [-0.1, -0.05) is 29.8 Å². The summed E-state index contributed by atoms with van der Waals surface area (Å²) in [6.07, 6.45) is 5.61. The van der Waals surface area contributed by atoms with Crippen molar-refractivity contribution < 1.29 is 4.79 Å². The van der Waals surface area contributed by atoms with E-state index in [-0.39, 0.29) is 11.9 Å². The van der Waals surface area contributed by atoms with E-state index in [0.29, 0.717) is 18.2 Å². The molecule has 2 heterocycles. The summed E-state index contributed by atoms with van der Waals surface area (Å²) in [6, 6.07) is 8.56. The molecular formula is C20H25N3OS. The highest BCUT2D eigenvalue weighted by atomic mass is 32.1. The van der Waals surface area contributed by atoms with Crippen LogP contribution in [0.15, 0.2) is 24.3 Å². The van der Waals surface area contributed by atoms with E-state index in [1.807, 2.05) is 4.90 Å². The third-order valence-electron chi connectivity index (χ3n) is 5.25. The molecule has 2 N–H and O–H groups in total. The molecule has 2 aliphatic rings. The molecule has 1 saturated carbocycles. The van der Waals surface area contributed by atoms with E-state index in [4.69, 9.17) is 10.7 Å². The maximum absolute atomic E-state index is 13.3. The van der Waals surface area contributed by atoms with Gasteiger partial charge in [-0.25, -0.2) is 4.98 Å². The van der Waals surface area contributed by atoms with Crippen LogP contribution >= 0.6 is 11.3 Å². The standard InChI is InChI=1S/C20H25N3OS/c1-13-5-7-14(8-6-13)18-17(22-19(25-18)15-9-10-15)20(24)23-11-3-2-4-16(23)12-21/h5-8,15-16H,2-4,9-12,21H2,1H3/t16-/m0/s1. The third kappa shape index (κ3) is 3.35. The van der Waals surface area contributed by atoms with Crippen LogP contribution in [-0.2, 0) is 0 Å². The Kier molecular flexibility index (Phi) is 4.61. The highest BCUT2D eigenvalue weighted by Gasteiger charge is 2.33. The Morgan fingerprint density at radius 3 is 2.68 bits per heavy atom. The molecule has 0 bridgehead atoms. The molecular weight excluding hydrogens is 330 g/mol. The summed E-state index contributed by atoms with van der Waals surface area (Å²) in [7, 11) is 0. The zero-order chi connectivity index (χ0) is 17.4. The van der Waals surface area contributed by atoms with E-state index < -0.39 is 0 Å². The number of amides is 1. The van der Waals surface area contributed by atoms with E-state index in [0.717, 1.165) is 41.3 Å². The number of rotatable bonds is 4.